The number of anilines is 1. The zero-order chi connectivity index (χ0) is 15.2. The summed E-state index contributed by atoms with van der Waals surface area (Å²) in [7, 11) is 0. The van der Waals surface area contributed by atoms with Crippen molar-refractivity contribution in [1.29, 1.82) is 0 Å². The lowest BCUT2D eigenvalue weighted by Crippen LogP contribution is -2.35. The van der Waals surface area contributed by atoms with Gasteiger partial charge in [-0.05, 0) is 37.8 Å². The fourth-order valence-electron chi connectivity index (χ4n) is 3.53. The first-order valence-corrected chi connectivity index (χ1v) is 8.38. The second kappa shape index (κ2) is 5.08. The summed E-state index contributed by atoms with van der Waals surface area (Å²) in [5, 5.41) is 8.55. The van der Waals surface area contributed by atoms with Gasteiger partial charge in [0.2, 0.25) is 0 Å². The highest BCUT2D eigenvalue weighted by Gasteiger charge is 2.32. The van der Waals surface area contributed by atoms with Crippen LogP contribution in [0.1, 0.15) is 43.5 Å². The molecule has 23 heavy (non-hydrogen) atoms. The van der Waals surface area contributed by atoms with Crippen molar-refractivity contribution in [2.45, 2.75) is 37.6 Å². The van der Waals surface area contributed by atoms with Crippen molar-refractivity contribution in [2.75, 3.05) is 18.0 Å². The van der Waals surface area contributed by atoms with Gasteiger partial charge >= 0.3 is 0 Å². The average molecular weight is 309 g/mol. The molecule has 2 fully saturated rings. The number of hydrogen-bond donors (Lipinski definition) is 0. The normalized spacial score (nSPS) is 21.9. The van der Waals surface area contributed by atoms with E-state index in [0.29, 0.717) is 12.0 Å². The maximum absolute atomic E-state index is 5.94. The molecule has 6 heteroatoms. The molecule has 0 radical (unpaired) electrons. The van der Waals surface area contributed by atoms with Crippen LogP contribution in [0.15, 0.2) is 35.0 Å². The number of piperidine rings is 1. The first-order chi connectivity index (χ1) is 11.4. The van der Waals surface area contributed by atoms with Crippen molar-refractivity contribution in [2.24, 2.45) is 0 Å². The predicted octanol–water partition coefficient (Wildman–Crippen LogP) is 3.14. The van der Waals surface area contributed by atoms with Crippen LogP contribution < -0.4 is 4.90 Å². The molecule has 2 aliphatic rings. The molecular formula is C17H19N5O. The summed E-state index contributed by atoms with van der Waals surface area (Å²) in [6.07, 6.45) is 6.69. The van der Waals surface area contributed by atoms with E-state index in [4.69, 9.17) is 4.42 Å². The molecule has 1 aliphatic carbocycles. The van der Waals surface area contributed by atoms with Gasteiger partial charge in [-0.2, -0.15) is 4.98 Å². The molecule has 0 amide bonds. The molecule has 118 valence electrons. The maximum atomic E-state index is 5.94. The van der Waals surface area contributed by atoms with E-state index in [1.54, 1.807) is 0 Å². The van der Waals surface area contributed by atoms with Crippen LogP contribution in [0.4, 0.5) is 6.01 Å². The Morgan fingerprint density at radius 1 is 1.13 bits per heavy atom. The molecule has 0 N–H and O–H groups in total. The van der Waals surface area contributed by atoms with E-state index in [1.165, 1.54) is 12.8 Å². The molecule has 3 aromatic rings. The van der Waals surface area contributed by atoms with E-state index in [9.17, 15) is 0 Å². The molecular weight excluding hydrogens is 290 g/mol. The smallest absolute Gasteiger partial charge is 0.298 e. The summed E-state index contributed by atoms with van der Waals surface area (Å²) >= 11 is 0. The molecule has 1 aromatic carbocycles. The SMILES string of the molecule is c1ccc2oc(N3CCCC(c4nncn4C4CC4)C3)nc2c1. The number of benzene rings is 1. The summed E-state index contributed by atoms with van der Waals surface area (Å²) in [6, 6.07) is 9.29. The van der Waals surface area contributed by atoms with E-state index in [-0.39, 0.29) is 0 Å². The highest BCUT2D eigenvalue weighted by Crippen LogP contribution is 2.38. The summed E-state index contributed by atoms with van der Waals surface area (Å²) < 4.78 is 8.21. The van der Waals surface area contributed by atoms with Gasteiger partial charge < -0.3 is 13.9 Å². The number of aromatic nitrogens is 4. The molecule has 1 saturated carbocycles. The number of rotatable bonds is 3. The van der Waals surface area contributed by atoms with Crippen LogP contribution in [-0.2, 0) is 0 Å². The first-order valence-electron chi connectivity index (χ1n) is 8.38. The maximum Gasteiger partial charge on any atom is 0.298 e. The van der Waals surface area contributed by atoms with Gasteiger partial charge in [-0.15, -0.1) is 10.2 Å². The molecule has 0 bridgehead atoms. The van der Waals surface area contributed by atoms with Crippen LogP contribution in [0.3, 0.4) is 0 Å². The molecule has 2 aromatic heterocycles. The summed E-state index contributed by atoms with van der Waals surface area (Å²) in [5.41, 5.74) is 1.77. The Labute approximate surface area is 134 Å². The minimum absolute atomic E-state index is 0.405. The Balaban J connectivity index is 1.42. The second-order valence-corrected chi connectivity index (χ2v) is 6.58. The van der Waals surface area contributed by atoms with Gasteiger partial charge in [-0.25, -0.2) is 0 Å². The van der Waals surface area contributed by atoms with Crippen LogP contribution in [0, 0.1) is 0 Å². The van der Waals surface area contributed by atoms with E-state index >= 15 is 0 Å². The number of nitrogens with zero attached hydrogens (tertiary/aromatic N) is 5. The molecule has 1 aliphatic heterocycles. The Morgan fingerprint density at radius 3 is 2.91 bits per heavy atom. The number of para-hydroxylation sites is 2. The third-order valence-electron chi connectivity index (χ3n) is 4.88. The average Bonchev–Trinajstić information content (AvgIpc) is 3.16. The zero-order valence-electron chi connectivity index (χ0n) is 12.9. The quantitative estimate of drug-likeness (QED) is 0.744. The zero-order valence-corrected chi connectivity index (χ0v) is 12.9. The van der Waals surface area contributed by atoms with Crippen molar-refractivity contribution in [3.8, 4) is 0 Å². The minimum Gasteiger partial charge on any atom is -0.423 e. The number of fused-ring (bicyclic) bond motifs is 1. The molecule has 1 unspecified atom stereocenters. The third-order valence-corrected chi connectivity index (χ3v) is 4.88. The fraction of sp³-hybridized carbons (Fsp3) is 0.471. The lowest BCUT2D eigenvalue weighted by molar-refractivity contribution is 0.444. The van der Waals surface area contributed by atoms with Gasteiger partial charge in [0.1, 0.15) is 17.7 Å². The summed E-state index contributed by atoms with van der Waals surface area (Å²) in [5.74, 6) is 1.54. The number of hydrogen-bond acceptors (Lipinski definition) is 5. The van der Waals surface area contributed by atoms with E-state index in [0.717, 1.165) is 48.9 Å². The van der Waals surface area contributed by atoms with Crippen LogP contribution in [-0.4, -0.2) is 32.8 Å². The van der Waals surface area contributed by atoms with Crippen molar-refractivity contribution in [1.82, 2.24) is 19.7 Å². The van der Waals surface area contributed by atoms with E-state index in [1.807, 2.05) is 30.6 Å². The first kappa shape index (κ1) is 13.1. The lowest BCUT2D eigenvalue weighted by atomic mass is 9.97. The standard InChI is InChI=1S/C17H19N5O/c1-2-6-15-14(5-1)19-17(23-15)21-9-3-4-12(10-21)16-20-18-11-22(16)13-7-8-13/h1-2,5-6,11-13H,3-4,7-10H2. The Bertz CT molecular complexity index is 801. The second-order valence-electron chi connectivity index (χ2n) is 6.58. The molecule has 5 rings (SSSR count). The Hall–Kier alpha value is -2.37. The van der Waals surface area contributed by atoms with Crippen molar-refractivity contribution >= 4 is 17.1 Å². The van der Waals surface area contributed by atoms with Crippen LogP contribution in [0.2, 0.25) is 0 Å². The monoisotopic (exact) mass is 309 g/mol. The highest BCUT2D eigenvalue weighted by molar-refractivity contribution is 5.74. The van der Waals surface area contributed by atoms with Crippen molar-refractivity contribution in [3.63, 3.8) is 0 Å². The van der Waals surface area contributed by atoms with Gasteiger partial charge in [0.05, 0.1) is 0 Å². The van der Waals surface area contributed by atoms with Crippen molar-refractivity contribution in [3.05, 3.63) is 36.4 Å². The van der Waals surface area contributed by atoms with E-state index in [2.05, 4.69) is 24.6 Å². The topological polar surface area (TPSA) is 60.0 Å². The molecule has 3 heterocycles. The molecule has 0 spiro atoms. The van der Waals surface area contributed by atoms with Crippen LogP contribution in [0.25, 0.3) is 11.1 Å². The molecule has 1 atom stereocenters. The van der Waals surface area contributed by atoms with Crippen LogP contribution in [0.5, 0.6) is 0 Å². The van der Waals surface area contributed by atoms with Gasteiger partial charge in [0.25, 0.3) is 6.01 Å². The van der Waals surface area contributed by atoms with Gasteiger partial charge in [-0.3, -0.25) is 0 Å². The lowest BCUT2D eigenvalue weighted by Gasteiger charge is -2.31. The van der Waals surface area contributed by atoms with E-state index < -0.39 is 0 Å². The molecule has 6 nitrogen and oxygen atoms in total. The Kier molecular flexibility index (Phi) is 2.89. The predicted molar refractivity (Wildman–Crippen MR) is 86.5 cm³/mol. The fourth-order valence-corrected chi connectivity index (χ4v) is 3.53. The van der Waals surface area contributed by atoms with Crippen LogP contribution >= 0.6 is 0 Å². The largest absolute Gasteiger partial charge is 0.423 e. The number of oxazole rings is 1. The summed E-state index contributed by atoms with van der Waals surface area (Å²) in [4.78, 5) is 6.89. The summed E-state index contributed by atoms with van der Waals surface area (Å²) in [6.45, 7) is 1.89. The van der Waals surface area contributed by atoms with Crippen molar-refractivity contribution < 1.29 is 4.42 Å². The molecule has 1 saturated heterocycles. The van der Waals surface area contributed by atoms with Gasteiger partial charge in [0, 0.05) is 25.0 Å². The minimum atomic E-state index is 0.405. The Morgan fingerprint density at radius 2 is 2.04 bits per heavy atom. The van der Waals surface area contributed by atoms with Gasteiger partial charge in [0.15, 0.2) is 5.58 Å². The highest BCUT2D eigenvalue weighted by atomic mass is 16.4. The van der Waals surface area contributed by atoms with Gasteiger partial charge in [-0.1, -0.05) is 12.1 Å². The third kappa shape index (κ3) is 2.29.